The fraction of sp³-hybridized carbons (Fsp3) is 0.355. The molecule has 1 atom stereocenters. The first kappa shape index (κ1) is 29.9. The van der Waals surface area contributed by atoms with Crippen LogP contribution in [0.1, 0.15) is 48.6 Å². The molecule has 0 saturated carbocycles. The van der Waals surface area contributed by atoms with E-state index in [0.717, 1.165) is 27.8 Å². The van der Waals surface area contributed by atoms with E-state index in [1.807, 2.05) is 71.9 Å². The van der Waals surface area contributed by atoms with Gasteiger partial charge in [0.1, 0.15) is 12.6 Å². The first-order valence-corrected chi connectivity index (χ1v) is 14.6. The van der Waals surface area contributed by atoms with Crippen LogP contribution >= 0.6 is 0 Å². The number of carbonyl (C=O) groups excluding carboxylic acids is 2. The van der Waals surface area contributed by atoms with E-state index in [2.05, 4.69) is 5.32 Å². The molecule has 0 aliphatic rings. The lowest BCUT2D eigenvalue weighted by Crippen LogP contribution is -2.52. The highest BCUT2D eigenvalue weighted by atomic mass is 32.2. The SMILES string of the molecule is Cc1ccc(S(=O)(=O)N(CC(=O)N(Cc2ccccc2C)[C@@H](C)C(=O)NC(C)C)c2cccc(C)c2C)cc1. The van der Waals surface area contributed by atoms with Gasteiger partial charge in [0.05, 0.1) is 10.6 Å². The molecule has 0 unspecified atom stereocenters. The van der Waals surface area contributed by atoms with Gasteiger partial charge in [0.25, 0.3) is 10.0 Å². The number of hydrogen-bond acceptors (Lipinski definition) is 4. The van der Waals surface area contributed by atoms with Gasteiger partial charge in [-0.2, -0.15) is 0 Å². The largest absolute Gasteiger partial charge is 0.352 e. The summed E-state index contributed by atoms with van der Waals surface area (Å²) in [6, 6.07) is 18.7. The van der Waals surface area contributed by atoms with Crippen molar-refractivity contribution in [1.29, 1.82) is 0 Å². The van der Waals surface area contributed by atoms with E-state index in [0.29, 0.717) is 5.69 Å². The maximum atomic E-state index is 14.0. The summed E-state index contributed by atoms with van der Waals surface area (Å²) in [5.74, 6) is -0.770. The fourth-order valence-corrected chi connectivity index (χ4v) is 5.79. The number of nitrogens with one attached hydrogen (secondary N) is 1. The second kappa shape index (κ2) is 12.5. The van der Waals surface area contributed by atoms with Crippen molar-refractivity contribution >= 4 is 27.5 Å². The van der Waals surface area contributed by atoms with Crippen molar-refractivity contribution < 1.29 is 18.0 Å². The zero-order valence-corrected chi connectivity index (χ0v) is 24.7. The van der Waals surface area contributed by atoms with Crippen LogP contribution in [-0.4, -0.2) is 43.8 Å². The Balaban J connectivity index is 2.09. The van der Waals surface area contributed by atoms with Crippen molar-refractivity contribution in [1.82, 2.24) is 10.2 Å². The quantitative estimate of drug-likeness (QED) is 0.383. The van der Waals surface area contributed by atoms with Crippen LogP contribution < -0.4 is 9.62 Å². The molecular weight excluding hydrogens is 510 g/mol. The topological polar surface area (TPSA) is 86.8 Å². The number of aryl methyl sites for hydroxylation is 3. The van der Waals surface area contributed by atoms with E-state index in [1.165, 1.54) is 9.21 Å². The molecule has 0 spiro atoms. The molecule has 0 fully saturated rings. The molecule has 3 aromatic carbocycles. The number of anilines is 1. The minimum atomic E-state index is -4.10. The van der Waals surface area contributed by atoms with Gasteiger partial charge in [0.15, 0.2) is 0 Å². The molecule has 0 radical (unpaired) electrons. The molecule has 0 aliphatic heterocycles. The van der Waals surface area contributed by atoms with E-state index < -0.39 is 28.5 Å². The van der Waals surface area contributed by atoms with Crippen LogP contribution in [-0.2, 0) is 26.2 Å². The molecule has 8 heteroatoms. The van der Waals surface area contributed by atoms with Crippen molar-refractivity contribution in [2.24, 2.45) is 0 Å². The van der Waals surface area contributed by atoms with Crippen LogP contribution in [0.2, 0.25) is 0 Å². The Morgan fingerprint density at radius 1 is 0.821 bits per heavy atom. The monoisotopic (exact) mass is 549 g/mol. The first-order valence-electron chi connectivity index (χ1n) is 13.1. The summed E-state index contributed by atoms with van der Waals surface area (Å²) in [5, 5.41) is 2.88. The Kier molecular flexibility index (Phi) is 9.56. The average molecular weight is 550 g/mol. The second-order valence-corrected chi connectivity index (χ2v) is 12.2. The number of sulfonamides is 1. The lowest BCUT2D eigenvalue weighted by Gasteiger charge is -2.33. The zero-order chi connectivity index (χ0) is 28.9. The Hall–Kier alpha value is -3.65. The molecule has 0 aliphatic carbocycles. The highest BCUT2D eigenvalue weighted by Gasteiger charge is 2.33. The van der Waals surface area contributed by atoms with Gasteiger partial charge in [-0.25, -0.2) is 8.42 Å². The highest BCUT2D eigenvalue weighted by molar-refractivity contribution is 7.92. The molecule has 2 amide bonds. The minimum Gasteiger partial charge on any atom is -0.352 e. The number of amides is 2. The van der Waals surface area contributed by atoms with Gasteiger partial charge in [-0.05, 0) is 88.9 Å². The van der Waals surface area contributed by atoms with Crippen LogP contribution in [0.3, 0.4) is 0 Å². The molecule has 3 aromatic rings. The zero-order valence-electron chi connectivity index (χ0n) is 23.9. The summed E-state index contributed by atoms with van der Waals surface area (Å²) < 4.78 is 29.2. The standard InChI is InChI=1S/C31H39N3O4S/c1-21(2)32-31(36)26(7)33(19-27-13-9-8-11-24(27)5)30(35)20-34(29-14-10-12-23(4)25(29)6)39(37,38)28-17-15-22(3)16-18-28/h8-18,21,26H,19-20H2,1-7H3,(H,32,36)/t26-/m0/s1. The molecule has 208 valence electrons. The molecule has 3 rings (SSSR count). The third-order valence-corrected chi connectivity index (χ3v) is 8.71. The number of benzene rings is 3. The predicted octanol–water partition coefficient (Wildman–Crippen LogP) is 5.06. The Labute approximate surface area is 232 Å². The summed E-state index contributed by atoms with van der Waals surface area (Å²) in [6.45, 7) is 12.7. The van der Waals surface area contributed by atoms with E-state index in [4.69, 9.17) is 0 Å². The maximum absolute atomic E-state index is 14.0. The third kappa shape index (κ3) is 7.06. The summed E-state index contributed by atoms with van der Waals surface area (Å²) in [5.41, 5.74) is 4.89. The maximum Gasteiger partial charge on any atom is 0.264 e. The van der Waals surface area contributed by atoms with Crippen LogP contribution in [0.4, 0.5) is 5.69 Å². The van der Waals surface area contributed by atoms with Crippen molar-refractivity contribution in [2.75, 3.05) is 10.8 Å². The van der Waals surface area contributed by atoms with Gasteiger partial charge in [-0.1, -0.05) is 54.1 Å². The Morgan fingerprint density at radius 3 is 2.05 bits per heavy atom. The smallest absolute Gasteiger partial charge is 0.264 e. The Morgan fingerprint density at radius 2 is 1.44 bits per heavy atom. The fourth-order valence-electron chi connectivity index (χ4n) is 4.32. The molecule has 0 saturated heterocycles. The molecule has 39 heavy (non-hydrogen) atoms. The summed E-state index contributed by atoms with van der Waals surface area (Å²) >= 11 is 0. The number of nitrogens with zero attached hydrogens (tertiary/aromatic N) is 2. The van der Waals surface area contributed by atoms with Gasteiger partial charge in [-0.15, -0.1) is 0 Å². The first-order chi connectivity index (χ1) is 18.3. The minimum absolute atomic E-state index is 0.0952. The normalized spacial score (nSPS) is 12.2. The van der Waals surface area contributed by atoms with Crippen molar-refractivity contribution in [3.63, 3.8) is 0 Å². The van der Waals surface area contributed by atoms with E-state index in [-0.39, 0.29) is 23.4 Å². The predicted molar refractivity (Wildman–Crippen MR) is 156 cm³/mol. The van der Waals surface area contributed by atoms with Gasteiger partial charge in [-0.3, -0.25) is 13.9 Å². The van der Waals surface area contributed by atoms with Gasteiger partial charge >= 0.3 is 0 Å². The lowest BCUT2D eigenvalue weighted by molar-refractivity contribution is -0.139. The molecular formula is C31H39N3O4S. The van der Waals surface area contributed by atoms with Crippen LogP contribution in [0.15, 0.2) is 71.6 Å². The number of hydrogen-bond donors (Lipinski definition) is 1. The van der Waals surface area contributed by atoms with Gasteiger partial charge in [0.2, 0.25) is 11.8 Å². The Bertz CT molecular complexity index is 1430. The molecule has 0 bridgehead atoms. The van der Waals surface area contributed by atoms with Gasteiger partial charge < -0.3 is 10.2 Å². The number of carbonyl (C=O) groups is 2. The van der Waals surface area contributed by atoms with Crippen molar-refractivity contribution in [3.8, 4) is 0 Å². The lowest BCUT2D eigenvalue weighted by atomic mass is 10.1. The van der Waals surface area contributed by atoms with Crippen molar-refractivity contribution in [3.05, 3.63) is 94.5 Å². The molecule has 0 aromatic heterocycles. The molecule has 7 nitrogen and oxygen atoms in total. The van der Waals surface area contributed by atoms with E-state index >= 15 is 0 Å². The van der Waals surface area contributed by atoms with E-state index in [1.54, 1.807) is 43.3 Å². The summed E-state index contributed by atoms with van der Waals surface area (Å²) in [6.07, 6.45) is 0. The summed E-state index contributed by atoms with van der Waals surface area (Å²) in [4.78, 5) is 28.6. The van der Waals surface area contributed by atoms with E-state index in [9.17, 15) is 18.0 Å². The van der Waals surface area contributed by atoms with Crippen LogP contribution in [0.25, 0.3) is 0 Å². The molecule has 0 heterocycles. The summed E-state index contributed by atoms with van der Waals surface area (Å²) in [7, 11) is -4.10. The molecule has 1 N–H and O–H groups in total. The second-order valence-electron chi connectivity index (χ2n) is 10.3. The number of rotatable bonds is 10. The highest BCUT2D eigenvalue weighted by Crippen LogP contribution is 2.29. The van der Waals surface area contributed by atoms with Crippen LogP contribution in [0, 0.1) is 27.7 Å². The average Bonchev–Trinajstić information content (AvgIpc) is 2.88. The third-order valence-electron chi connectivity index (χ3n) is 6.93. The van der Waals surface area contributed by atoms with Gasteiger partial charge in [0, 0.05) is 12.6 Å². The van der Waals surface area contributed by atoms with Crippen molar-refractivity contribution in [2.45, 2.75) is 72.0 Å². The van der Waals surface area contributed by atoms with Crippen LogP contribution in [0.5, 0.6) is 0 Å².